The van der Waals surface area contributed by atoms with Gasteiger partial charge in [-0.05, 0) is 22.9 Å². The van der Waals surface area contributed by atoms with Gasteiger partial charge >= 0.3 is 6.03 Å². The van der Waals surface area contributed by atoms with E-state index in [1.54, 1.807) is 6.07 Å². The lowest BCUT2D eigenvalue weighted by Gasteiger charge is -2.06. The number of nitrogens with one attached hydrogen (secondary N) is 1. The second-order valence-electron chi connectivity index (χ2n) is 3.71. The van der Waals surface area contributed by atoms with Crippen molar-refractivity contribution >= 4 is 22.7 Å². The van der Waals surface area contributed by atoms with Gasteiger partial charge < -0.3 is 10.5 Å². The molecule has 0 aliphatic rings. The molecule has 0 atom stereocenters. The van der Waals surface area contributed by atoms with Crippen molar-refractivity contribution in [1.82, 2.24) is 5.32 Å². The van der Waals surface area contributed by atoms with E-state index < -0.39 is 11.9 Å². The highest BCUT2D eigenvalue weighted by Crippen LogP contribution is 2.20. The number of hydrogen-bond donors (Lipinski definition) is 2. The minimum absolute atomic E-state index is 0.249. The Bertz CT molecular complexity index is 596. The van der Waals surface area contributed by atoms with E-state index in [0.717, 1.165) is 10.8 Å². The zero-order chi connectivity index (χ0) is 13.0. The molecule has 0 saturated heterocycles. The van der Waals surface area contributed by atoms with Crippen LogP contribution in [0.5, 0.6) is 5.75 Å². The molecule has 3 amide bonds. The van der Waals surface area contributed by atoms with Crippen LogP contribution in [0.2, 0.25) is 0 Å². The SMILES string of the molecule is NC(=O)NC(=O)COc1ccc2ccccc2c1. The molecule has 0 radical (unpaired) electrons. The number of primary amides is 1. The Morgan fingerprint density at radius 1 is 1.11 bits per heavy atom. The highest BCUT2D eigenvalue weighted by Gasteiger charge is 2.05. The molecule has 0 heterocycles. The van der Waals surface area contributed by atoms with E-state index in [2.05, 4.69) is 0 Å². The molecule has 0 spiro atoms. The first kappa shape index (κ1) is 11.9. The lowest BCUT2D eigenvalue weighted by atomic mass is 10.1. The Kier molecular flexibility index (Phi) is 3.43. The average molecular weight is 244 g/mol. The van der Waals surface area contributed by atoms with Gasteiger partial charge in [-0.3, -0.25) is 10.1 Å². The number of benzene rings is 2. The second-order valence-corrected chi connectivity index (χ2v) is 3.71. The fraction of sp³-hybridized carbons (Fsp3) is 0.0769. The summed E-state index contributed by atoms with van der Waals surface area (Å²) >= 11 is 0. The van der Waals surface area contributed by atoms with E-state index in [1.807, 2.05) is 41.7 Å². The third-order valence-corrected chi connectivity index (χ3v) is 2.35. The van der Waals surface area contributed by atoms with Crippen LogP contribution in [0, 0.1) is 0 Å². The Morgan fingerprint density at radius 2 is 1.83 bits per heavy atom. The van der Waals surface area contributed by atoms with Crippen LogP contribution in [-0.4, -0.2) is 18.5 Å². The number of hydrogen-bond acceptors (Lipinski definition) is 3. The van der Waals surface area contributed by atoms with Gasteiger partial charge in [-0.25, -0.2) is 4.79 Å². The monoisotopic (exact) mass is 244 g/mol. The van der Waals surface area contributed by atoms with Gasteiger partial charge in [0.25, 0.3) is 5.91 Å². The molecule has 0 aliphatic heterocycles. The molecule has 0 saturated carbocycles. The van der Waals surface area contributed by atoms with Gasteiger partial charge in [-0.1, -0.05) is 30.3 Å². The van der Waals surface area contributed by atoms with Crippen molar-refractivity contribution in [2.75, 3.05) is 6.61 Å². The van der Waals surface area contributed by atoms with E-state index in [0.29, 0.717) is 5.75 Å². The van der Waals surface area contributed by atoms with Gasteiger partial charge in [0.15, 0.2) is 6.61 Å². The van der Waals surface area contributed by atoms with Crippen molar-refractivity contribution in [3.63, 3.8) is 0 Å². The van der Waals surface area contributed by atoms with Crippen molar-refractivity contribution < 1.29 is 14.3 Å². The van der Waals surface area contributed by atoms with Crippen molar-refractivity contribution in [2.24, 2.45) is 5.73 Å². The molecular weight excluding hydrogens is 232 g/mol. The summed E-state index contributed by atoms with van der Waals surface area (Å²) in [4.78, 5) is 21.6. The summed E-state index contributed by atoms with van der Waals surface area (Å²) < 4.78 is 5.26. The topological polar surface area (TPSA) is 81.4 Å². The number of fused-ring (bicyclic) bond motifs is 1. The number of carbonyl (C=O) groups is 2. The maximum absolute atomic E-state index is 11.2. The van der Waals surface area contributed by atoms with E-state index in [1.165, 1.54) is 0 Å². The summed E-state index contributed by atoms with van der Waals surface area (Å²) in [6, 6.07) is 12.4. The van der Waals surface area contributed by atoms with Gasteiger partial charge in [0.1, 0.15) is 5.75 Å². The Hall–Kier alpha value is -2.56. The zero-order valence-corrected chi connectivity index (χ0v) is 9.55. The van der Waals surface area contributed by atoms with Gasteiger partial charge in [-0.2, -0.15) is 0 Å². The number of imide groups is 1. The highest BCUT2D eigenvalue weighted by atomic mass is 16.5. The summed E-state index contributed by atoms with van der Waals surface area (Å²) in [5.74, 6) is -0.0102. The summed E-state index contributed by atoms with van der Waals surface area (Å²) in [5, 5.41) is 4.03. The molecule has 5 nitrogen and oxygen atoms in total. The molecule has 5 heteroatoms. The molecule has 2 rings (SSSR count). The first-order valence-electron chi connectivity index (χ1n) is 5.36. The number of carbonyl (C=O) groups excluding carboxylic acids is 2. The summed E-state index contributed by atoms with van der Waals surface area (Å²) in [6.07, 6.45) is 0. The van der Waals surface area contributed by atoms with Crippen LogP contribution in [0.25, 0.3) is 10.8 Å². The van der Waals surface area contributed by atoms with Crippen LogP contribution < -0.4 is 15.8 Å². The Morgan fingerprint density at radius 3 is 2.56 bits per heavy atom. The number of amides is 3. The minimum atomic E-state index is -0.887. The molecule has 0 aromatic heterocycles. The molecule has 0 aliphatic carbocycles. The molecule has 0 unspecified atom stereocenters. The van der Waals surface area contributed by atoms with Crippen LogP contribution in [0.4, 0.5) is 4.79 Å². The largest absolute Gasteiger partial charge is 0.484 e. The highest BCUT2D eigenvalue weighted by molar-refractivity contribution is 5.94. The molecule has 0 bridgehead atoms. The van der Waals surface area contributed by atoms with E-state index >= 15 is 0 Å². The fourth-order valence-electron chi connectivity index (χ4n) is 1.58. The van der Waals surface area contributed by atoms with Gasteiger partial charge in [0.2, 0.25) is 0 Å². The normalized spacial score (nSPS) is 10.0. The predicted molar refractivity (Wildman–Crippen MR) is 67.2 cm³/mol. The van der Waals surface area contributed by atoms with Crippen molar-refractivity contribution in [1.29, 1.82) is 0 Å². The predicted octanol–water partition coefficient (Wildman–Crippen LogP) is 1.41. The lowest BCUT2D eigenvalue weighted by Crippen LogP contribution is -2.38. The third kappa shape index (κ3) is 2.98. The number of ether oxygens (including phenoxy) is 1. The molecular formula is C13H12N2O3. The van der Waals surface area contributed by atoms with Crippen molar-refractivity contribution in [3.05, 3.63) is 42.5 Å². The molecule has 3 N–H and O–H groups in total. The van der Waals surface area contributed by atoms with E-state index in [4.69, 9.17) is 10.5 Å². The average Bonchev–Trinajstić information content (AvgIpc) is 2.35. The Labute approximate surface area is 104 Å². The zero-order valence-electron chi connectivity index (χ0n) is 9.55. The first-order valence-corrected chi connectivity index (χ1v) is 5.36. The van der Waals surface area contributed by atoms with Crippen LogP contribution in [0.3, 0.4) is 0 Å². The molecule has 92 valence electrons. The standard InChI is InChI=1S/C13H12N2O3/c14-13(17)15-12(16)8-18-11-6-5-9-3-1-2-4-10(9)7-11/h1-7H,8H2,(H3,14,15,16,17). The molecule has 2 aromatic rings. The first-order chi connectivity index (χ1) is 8.65. The summed E-state index contributed by atoms with van der Waals surface area (Å²) in [6.45, 7) is -0.249. The van der Waals surface area contributed by atoms with Crippen LogP contribution >= 0.6 is 0 Å². The third-order valence-electron chi connectivity index (χ3n) is 2.35. The molecule has 18 heavy (non-hydrogen) atoms. The quantitative estimate of drug-likeness (QED) is 0.856. The molecule has 0 fully saturated rings. The molecule has 2 aromatic carbocycles. The number of nitrogens with two attached hydrogens (primary N) is 1. The number of urea groups is 1. The van der Waals surface area contributed by atoms with E-state index in [-0.39, 0.29) is 6.61 Å². The van der Waals surface area contributed by atoms with Crippen molar-refractivity contribution in [3.8, 4) is 5.75 Å². The minimum Gasteiger partial charge on any atom is -0.484 e. The summed E-state index contributed by atoms with van der Waals surface area (Å²) in [7, 11) is 0. The van der Waals surface area contributed by atoms with Crippen molar-refractivity contribution in [2.45, 2.75) is 0 Å². The van der Waals surface area contributed by atoms with Crippen LogP contribution in [0.1, 0.15) is 0 Å². The maximum atomic E-state index is 11.2. The lowest BCUT2D eigenvalue weighted by molar-refractivity contribution is -0.121. The smallest absolute Gasteiger partial charge is 0.318 e. The second kappa shape index (κ2) is 5.18. The van der Waals surface area contributed by atoms with Gasteiger partial charge in [-0.15, -0.1) is 0 Å². The fourth-order valence-corrected chi connectivity index (χ4v) is 1.58. The number of rotatable bonds is 3. The summed E-state index contributed by atoms with van der Waals surface area (Å²) in [5.41, 5.74) is 4.81. The van der Waals surface area contributed by atoms with Crippen LogP contribution in [-0.2, 0) is 4.79 Å². The van der Waals surface area contributed by atoms with Gasteiger partial charge in [0.05, 0.1) is 0 Å². The van der Waals surface area contributed by atoms with Crippen LogP contribution in [0.15, 0.2) is 42.5 Å². The maximum Gasteiger partial charge on any atom is 0.318 e. The van der Waals surface area contributed by atoms with Gasteiger partial charge in [0, 0.05) is 0 Å². The van der Waals surface area contributed by atoms with E-state index in [9.17, 15) is 9.59 Å². The Balaban J connectivity index is 2.04.